The highest BCUT2D eigenvalue weighted by Gasteiger charge is 2.29. The molecule has 1 saturated carbocycles. The number of hydrogen-bond acceptors (Lipinski definition) is 5. The third-order valence-electron chi connectivity index (χ3n) is 5.28. The minimum absolute atomic E-state index is 0.0101. The van der Waals surface area contributed by atoms with Crippen LogP contribution in [0.2, 0.25) is 0 Å². The van der Waals surface area contributed by atoms with Crippen molar-refractivity contribution in [2.75, 3.05) is 0 Å². The fourth-order valence-electron chi connectivity index (χ4n) is 3.87. The van der Waals surface area contributed by atoms with Gasteiger partial charge in [-0.1, -0.05) is 6.92 Å². The van der Waals surface area contributed by atoms with Crippen molar-refractivity contribution >= 4 is 28.2 Å². The van der Waals surface area contributed by atoms with Gasteiger partial charge in [0.2, 0.25) is 0 Å². The van der Waals surface area contributed by atoms with Crippen molar-refractivity contribution in [2.45, 2.75) is 59.0 Å². The summed E-state index contributed by atoms with van der Waals surface area (Å²) in [6, 6.07) is 2.62. The maximum atomic E-state index is 13.1. The lowest BCUT2D eigenvalue weighted by molar-refractivity contribution is -0.123. The second kappa shape index (κ2) is 8.33. The normalized spacial score (nSPS) is 14.8. The van der Waals surface area contributed by atoms with E-state index in [0.717, 1.165) is 9.13 Å². The predicted molar refractivity (Wildman–Crippen MR) is 107 cm³/mol. The van der Waals surface area contributed by atoms with Crippen molar-refractivity contribution in [3.05, 3.63) is 49.7 Å². The summed E-state index contributed by atoms with van der Waals surface area (Å²) in [7, 11) is 0. The molecule has 1 aliphatic carbocycles. The van der Waals surface area contributed by atoms with E-state index in [4.69, 9.17) is 0 Å². The largest absolute Gasteiger partial charge is 0.506 e. The smallest absolute Gasteiger partial charge is 0.331 e. The molecule has 0 unspecified atom stereocenters. The fourth-order valence-corrected chi connectivity index (χ4v) is 3.87. The number of benzene rings is 1. The zero-order valence-corrected chi connectivity index (χ0v) is 16.7. The Morgan fingerprint density at radius 2 is 1.73 bits per heavy atom. The number of rotatable bonds is 5. The SMILES string of the molecule is CCCn1c(=O)c2c(C)c(C(O)=C3C(=O)CCCC3=O)ccc2n(CC(F)F)c1=O. The van der Waals surface area contributed by atoms with Crippen molar-refractivity contribution in [3.63, 3.8) is 0 Å². The highest BCUT2D eigenvalue weighted by atomic mass is 19.3. The molecule has 1 fully saturated rings. The minimum atomic E-state index is -2.81. The lowest BCUT2D eigenvalue weighted by Gasteiger charge is -2.18. The number of carbonyl (C=O) groups is 2. The number of fused-ring (bicyclic) bond motifs is 1. The molecule has 0 spiro atoms. The molecule has 1 aliphatic rings. The van der Waals surface area contributed by atoms with Crippen LogP contribution in [0.15, 0.2) is 27.3 Å². The van der Waals surface area contributed by atoms with E-state index in [1.54, 1.807) is 6.92 Å². The Hall–Kier alpha value is -3.10. The Kier molecular flexibility index (Phi) is 6.00. The molecule has 160 valence electrons. The first-order chi connectivity index (χ1) is 14.2. The van der Waals surface area contributed by atoms with Crippen LogP contribution in [-0.4, -0.2) is 32.2 Å². The molecule has 1 N–H and O–H groups in total. The number of nitrogens with zero attached hydrogens (tertiary/aromatic N) is 2. The molecule has 3 rings (SSSR count). The Bertz CT molecular complexity index is 1170. The van der Waals surface area contributed by atoms with Gasteiger partial charge < -0.3 is 5.11 Å². The lowest BCUT2D eigenvalue weighted by Crippen LogP contribution is -2.41. The van der Waals surface area contributed by atoms with Gasteiger partial charge in [-0.05, 0) is 37.5 Å². The highest BCUT2D eigenvalue weighted by molar-refractivity contribution is 6.25. The minimum Gasteiger partial charge on any atom is -0.506 e. The molecule has 9 heteroatoms. The molecule has 0 bridgehead atoms. The van der Waals surface area contributed by atoms with E-state index in [9.17, 15) is 33.1 Å². The second-order valence-electron chi connectivity index (χ2n) is 7.30. The quantitative estimate of drug-likeness (QED) is 0.456. The third kappa shape index (κ3) is 3.59. The van der Waals surface area contributed by atoms with Gasteiger partial charge in [-0.25, -0.2) is 13.6 Å². The highest BCUT2D eigenvalue weighted by Crippen LogP contribution is 2.29. The van der Waals surface area contributed by atoms with Crippen LogP contribution in [0.1, 0.15) is 43.7 Å². The molecule has 0 saturated heterocycles. The number of aryl methyl sites for hydroxylation is 1. The Balaban J connectivity index is 2.38. The number of alkyl halides is 2. The van der Waals surface area contributed by atoms with Gasteiger partial charge in [0.1, 0.15) is 11.3 Å². The standard InChI is InChI=1S/C21H22F2N2O5/c1-3-9-24-20(29)17-11(2)12(19(28)18-14(26)5-4-6-15(18)27)7-8-13(17)25(21(24)30)10-16(22)23/h7-8,16,28H,3-6,9-10H2,1-2H3. The van der Waals surface area contributed by atoms with Gasteiger partial charge in [-0.3, -0.25) is 23.5 Å². The van der Waals surface area contributed by atoms with E-state index in [2.05, 4.69) is 0 Å². The summed E-state index contributed by atoms with van der Waals surface area (Å²) in [5.74, 6) is -1.49. The molecule has 0 radical (unpaired) electrons. The van der Waals surface area contributed by atoms with Gasteiger partial charge in [0.25, 0.3) is 12.0 Å². The van der Waals surface area contributed by atoms with Gasteiger partial charge in [0.05, 0.1) is 17.4 Å². The van der Waals surface area contributed by atoms with E-state index in [1.165, 1.54) is 19.1 Å². The summed E-state index contributed by atoms with van der Waals surface area (Å²) < 4.78 is 28.0. The molecule has 0 atom stereocenters. The first-order valence-electron chi connectivity index (χ1n) is 9.74. The fraction of sp³-hybridized carbons (Fsp3) is 0.429. The van der Waals surface area contributed by atoms with Crippen molar-refractivity contribution in [1.29, 1.82) is 0 Å². The number of halogens is 2. The van der Waals surface area contributed by atoms with E-state index >= 15 is 0 Å². The van der Waals surface area contributed by atoms with E-state index < -0.39 is 41.5 Å². The molecule has 0 amide bonds. The van der Waals surface area contributed by atoms with Crippen LogP contribution in [0, 0.1) is 6.92 Å². The number of aliphatic hydroxyl groups is 1. The van der Waals surface area contributed by atoms with Crippen LogP contribution in [-0.2, 0) is 22.7 Å². The topological polar surface area (TPSA) is 98.4 Å². The van der Waals surface area contributed by atoms with Gasteiger partial charge >= 0.3 is 5.69 Å². The molecule has 1 heterocycles. The number of allylic oxidation sites excluding steroid dienone is 1. The van der Waals surface area contributed by atoms with Crippen LogP contribution >= 0.6 is 0 Å². The van der Waals surface area contributed by atoms with Gasteiger partial charge in [0, 0.05) is 24.9 Å². The third-order valence-corrected chi connectivity index (χ3v) is 5.28. The number of ketones is 2. The Morgan fingerprint density at radius 3 is 2.30 bits per heavy atom. The van der Waals surface area contributed by atoms with E-state index in [-0.39, 0.29) is 47.0 Å². The Labute approximate surface area is 170 Å². The molecule has 0 aliphatic heterocycles. The van der Waals surface area contributed by atoms with Crippen LogP contribution in [0.3, 0.4) is 0 Å². The number of carbonyl (C=O) groups excluding carboxylic acids is 2. The lowest BCUT2D eigenvalue weighted by atomic mass is 9.88. The maximum absolute atomic E-state index is 13.1. The summed E-state index contributed by atoms with van der Waals surface area (Å²) in [4.78, 5) is 50.0. The first-order valence-corrected chi connectivity index (χ1v) is 9.74. The Morgan fingerprint density at radius 1 is 1.10 bits per heavy atom. The van der Waals surface area contributed by atoms with Crippen molar-refractivity contribution < 1.29 is 23.5 Å². The van der Waals surface area contributed by atoms with Crippen LogP contribution < -0.4 is 11.2 Å². The van der Waals surface area contributed by atoms with Crippen molar-refractivity contribution in [2.24, 2.45) is 0 Å². The predicted octanol–water partition coefficient (Wildman–Crippen LogP) is 2.74. The number of hydrogen-bond donors (Lipinski definition) is 1. The molecule has 7 nitrogen and oxygen atoms in total. The van der Waals surface area contributed by atoms with Crippen molar-refractivity contribution in [3.8, 4) is 0 Å². The monoisotopic (exact) mass is 420 g/mol. The first kappa shape index (κ1) is 21.6. The molecule has 1 aromatic carbocycles. The number of aromatic nitrogens is 2. The summed E-state index contributed by atoms with van der Waals surface area (Å²) in [6.45, 7) is 2.39. The number of Topliss-reactive ketones (excluding diaryl/α,β-unsaturated/α-hetero) is 2. The summed E-state index contributed by atoms with van der Waals surface area (Å²) in [6.07, 6.45) is -1.70. The van der Waals surface area contributed by atoms with Crippen molar-refractivity contribution in [1.82, 2.24) is 9.13 Å². The summed E-state index contributed by atoms with van der Waals surface area (Å²) in [5, 5.41) is 10.7. The van der Waals surface area contributed by atoms with E-state index in [0.29, 0.717) is 12.8 Å². The maximum Gasteiger partial charge on any atom is 0.331 e. The van der Waals surface area contributed by atoms with Crippen LogP contribution in [0.25, 0.3) is 16.7 Å². The molecule has 30 heavy (non-hydrogen) atoms. The van der Waals surface area contributed by atoms with Gasteiger partial charge in [0.15, 0.2) is 11.6 Å². The zero-order chi connectivity index (χ0) is 22.2. The van der Waals surface area contributed by atoms with Crippen LogP contribution in [0.5, 0.6) is 0 Å². The van der Waals surface area contributed by atoms with Gasteiger partial charge in [-0.15, -0.1) is 0 Å². The molecule has 2 aromatic rings. The molecular weight excluding hydrogens is 398 g/mol. The zero-order valence-electron chi connectivity index (χ0n) is 16.7. The van der Waals surface area contributed by atoms with Gasteiger partial charge in [-0.2, -0.15) is 0 Å². The molecular formula is C21H22F2N2O5. The van der Waals surface area contributed by atoms with Crippen LogP contribution in [0.4, 0.5) is 8.78 Å². The average molecular weight is 420 g/mol. The molecule has 1 aromatic heterocycles. The number of aliphatic hydroxyl groups excluding tert-OH is 1. The van der Waals surface area contributed by atoms with E-state index in [1.807, 2.05) is 0 Å². The summed E-state index contributed by atoms with van der Waals surface area (Å²) >= 11 is 0. The summed E-state index contributed by atoms with van der Waals surface area (Å²) in [5.41, 5.74) is -1.50. The average Bonchev–Trinajstić information content (AvgIpc) is 2.67. The second-order valence-corrected chi connectivity index (χ2v) is 7.30.